The highest BCUT2D eigenvalue weighted by atomic mass is 35.5. The molecule has 0 atom stereocenters. The first-order valence-electron chi connectivity index (χ1n) is 9.58. The first-order chi connectivity index (χ1) is 14.0. The smallest absolute Gasteiger partial charge is 0.256 e. The third-order valence-electron chi connectivity index (χ3n) is 4.94. The van der Waals surface area contributed by atoms with Gasteiger partial charge in [-0.15, -0.1) is 0 Å². The summed E-state index contributed by atoms with van der Waals surface area (Å²) in [5.41, 5.74) is 5.12. The van der Waals surface area contributed by atoms with Crippen molar-refractivity contribution in [3.8, 4) is 11.3 Å². The standard InChI is InChI=1S/C25H21ClN2O/c1-16(2)17-7-9-18(10-8-17)24-15-22(21-5-3-4-6-23(21)28-24)25(29)27-20-13-11-19(26)12-14-20/h3-16H,1-2H3,(H,27,29). The van der Waals surface area contributed by atoms with Crippen LogP contribution in [0.1, 0.15) is 35.7 Å². The van der Waals surface area contributed by atoms with Crippen molar-refractivity contribution in [2.75, 3.05) is 5.32 Å². The van der Waals surface area contributed by atoms with Crippen molar-refractivity contribution in [3.63, 3.8) is 0 Å². The Morgan fingerprint density at radius 1 is 0.931 bits per heavy atom. The summed E-state index contributed by atoms with van der Waals surface area (Å²) in [6.07, 6.45) is 0. The number of amides is 1. The summed E-state index contributed by atoms with van der Waals surface area (Å²) in [5, 5.41) is 4.40. The van der Waals surface area contributed by atoms with E-state index in [2.05, 4.69) is 43.4 Å². The number of hydrogen-bond acceptors (Lipinski definition) is 2. The lowest BCUT2D eigenvalue weighted by Gasteiger charge is -2.12. The maximum atomic E-state index is 13.1. The summed E-state index contributed by atoms with van der Waals surface area (Å²) in [7, 11) is 0. The molecule has 0 saturated heterocycles. The number of halogens is 1. The van der Waals surface area contributed by atoms with E-state index in [0.29, 0.717) is 22.2 Å². The summed E-state index contributed by atoms with van der Waals surface area (Å²) in [4.78, 5) is 17.9. The zero-order chi connectivity index (χ0) is 20.4. The minimum absolute atomic E-state index is 0.175. The number of anilines is 1. The Morgan fingerprint density at radius 3 is 2.31 bits per heavy atom. The Hall–Kier alpha value is -3.17. The van der Waals surface area contributed by atoms with Crippen LogP contribution >= 0.6 is 11.6 Å². The number of fused-ring (bicyclic) bond motifs is 1. The maximum Gasteiger partial charge on any atom is 0.256 e. The van der Waals surface area contributed by atoms with E-state index in [1.807, 2.05) is 30.3 Å². The molecule has 3 nitrogen and oxygen atoms in total. The van der Waals surface area contributed by atoms with E-state index in [-0.39, 0.29) is 5.91 Å². The molecule has 0 saturated carbocycles. The minimum atomic E-state index is -0.175. The van der Waals surface area contributed by atoms with E-state index in [4.69, 9.17) is 16.6 Å². The summed E-state index contributed by atoms with van der Waals surface area (Å²) in [5.74, 6) is 0.292. The first-order valence-corrected chi connectivity index (χ1v) is 9.96. The summed E-state index contributed by atoms with van der Waals surface area (Å²) in [6.45, 7) is 4.34. The molecule has 0 aliphatic carbocycles. The number of hydrogen-bond donors (Lipinski definition) is 1. The van der Waals surface area contributed by atoms with Gasteiger partial charge in [-0.25, -0.2) is 4.98 Å². The molecule has 0 bridgehead atoms. The number of nitrogens with zero attached hydrogens (tertiary/aromatic N) is 1. The molecule has 0 radical (unpaired) electrons. The third-order valence-corrected chi connectivity index (χ3v) is 5.19. The second-order valence-electron chi connectivity index (χ2n) is 7.31. The lowest BCUT2D eigenvalue weighted by molar-refractivity contribution is 0.102. The van der Waals surface area contributed by atoms with Gasteiger partial charge in [0.1, 0.15) is 0 Å². The number of aromatic nitrogens is 1. The molecular weight excluding hydrogens is 380 g/mol. The first kappa shape index (κ1) is 19.2. The van der Waals surface area contributed by atoms with Gasteiger partial charge in [0.2, 0.25) is 0 Å². The van der Waals surface area contributed by atoms with E-state index in [1.54, 1.807) is 24.3 Å². The van der Waals surface area contributed by atoms with Crippen molar-refractivity contribution < 1.29 is 4.79 Å². The zero-order valence-electron chi connectivity index (χ0n) is 16.3. The molecule has 0 spiro atoms. The van der Waals surface area contributed by atoms with Crippen LogP contribution in [-0.2, 0) is 0 Å². The van der Waals surface area contributed by atoms with E-state index in [9.17, 15) is 4.79 Å². The fraction of sp³-hybridized carbons (Fsp3) is 0.120. The molecule has 1 heterocycles. The SMILES string of the molecule is CC(C)c1ccc(-c2cc(C(=O)Nc3ccc(Cl)cc3)c3ccccc3n2)cc1. The maximum absolute atomic E-state index is 13.1. The largest absolute Gasteiger partial charge is 0.322 e. The fourth-order valence-corrected chi connectivity index (χ4v) is 3.41. The Balaban J connectivity index is 1.76. The Bertz CT molecular complexity index is 1170. The number of benzene rings is 3. The molecule has 0 unspecified atom stereocenters. The average Bonchev–Trinajstić information content (AvgIpc) is 2.74. The fourth-order valence-electron chi connectivity index (χ4n) is 3.28. The van der Waals surface area contributed by atoms with Crippen LogP contribution in [-0.4, -0.2) is 10.9 Å². The molecule has 1 amide bonds. The third kappa shape index (κ3) is 4.15. The van der Waals surface area contributed by atoms with Gasteiger partial charge in [0.15, 0.2) is 0 Å². The van der Waals surface area contributed by atoms with Gasteiger partial charge < -0.3 is 5.32 Å². The molecule has 4 aromatic rings. The van der Waals surface area contributed by atoms with Crippen molar-refractivity contribution >= 4 is 34.1 Å². The highest BCUT2D eigenvalue weighted by Gasteiger charge is 2.14. The summed E-state index contributed by atoms with van der Waals surface area (Å²) >= 11 is 5.94. The predicted octanol–water partition coefficient (Wildman–Crippen LogP) is 6.93. The van der Waals surface area contributed by atoms with Gasteiger partial charge in [0.05, 0.1) is 16.8 Å². The quantitative estimate of drug-likeness (QED) is 0.403. The Labute approximate surface area is 175 Å². The number of rotatable bonds is 4. The molecule has 4 heteroatoms. The van der Waals surface area contributed by atoms with E-state index < -0.39 is 0 Å². The normalized spacial score (nSPS) is 11.0. The minimum Gasteiger partial charge on any atom is -0.322 e. The van der Waals surface area contributed by atoms with E-state index >= 15 is 0 Å². The lowest BCUT2D eigenvalue weighted by Crippen LogP contribution is -2.13. The van der Waals surface area contributed by atoms with Gasteiger partial charge in [0.25, 0.3) is 5.91 Å². The number of pyridine rings is 1. The Kier molecular flexibility index (Phi) is 5.32. The van der Waals surface area contributed by atoms with Crippen LogP contribution in [0.15, 0.2) is 78.9 Å². The van der Waals surface area contributed by atoms with Gasteiger partial charge in [0, 0.05) is 21.7 Å². The van der Waals surface area contributed by atoms with Crippen LogP contribution in [0.2, 0.25) is 5.02 Å². The van der Waals surface area contributed by atoms with Crippen LogP contribution in [0.3, 0.4) is 0 Å². The Morgan fingerprint density at radius 2 is 1.62 bits per heavy atom. The number of carbonyl (C=O) groups is 1. The second-order valence-corrected chi connectivity index (χ2v) is 7.75. The molecule has 1 N–H and O–H groups in total. The van der Waals surface area contributed by atoms with Crippen molar-refractivity contribution in [3.05, 3.63) is 95.0 Å². The number of carbonyl (C=O) groups excluding carboxylic acids is 1. The zero-order valence-corrected chi connectivity index (χ0v) is 17.1. The summed E-state index contributed by atoms with van der Waals surface area (Å²) < 4.78 is 0. The van der Waals surface area contributed by atoms with Crippen LogP contribution < -0.4 is 5.32 Å². The lowest BCUT2D eigenvalue weighted by atomic mass is 9.99. The van der Waals surface area contributed by atoms with Crippen molar-refractivity contribution in [2.45, 2.75) is 19.8 Å². The van der Waals surface area contributed by atoms with Gasteiger partial charge in [-0.3, -0.25) is 4.79 Å². The summed E-state index contributed by atoms with van der Waals surface area (Å²) in [6, 6.07) is 25.0. The second kappa shape index (κ2) is 8.06. The molecule has 0 aliphatic heterocycles. The highest BCUT2D eigenvalue weighted by molar-refractivity contribution is 6.30. The van der Waals surface area contributed by atoms with Crippen LogP contribution in [0.4, 0.5) is 5.69 Å². The molecular formula is C25H21ClN2O. The van der Waals surface area contributed by atoms with Crippen LogP contribution in [0.5, 0.6) is 0 Å². The molecule has 0 fully saturated rings. The van der Waals surface area contributed by atoms with Gasteiger partial charge >= 0.3 is 0 Å². The molecule has 0 aliphatic rings. The number of para-hydroxylation sites is 1. The molecule has 4 rings (SSSR count). The monoisotopic (exact) mass is 400 g/mol. The van der Waals surface area contributed by atoms with Gasteiger partial charge in [-0.2, -0.15) is 0 Å². The van der Waals surface area contributed by atoms with E-state index in [0.717, 1.165) is 22.2 Å². The van der Waals surface area contributed by atoms with Crippen LogP contribution in [0.25, 0.3) is 22.2 Å². The predicted molar refractivity (Wildman–Crippen MR) is 121 cm³/mol. The molecule has 29 heavy (non-hydrogen) atoms. The number of nitrogens with one attached hydrogen (secondary N) is 1. The topological polar surface area (TPSA) is 42.0 Å². The molecule has 3 aromatic carbocycles. The van der Waals surface area contributed by atoms with Gasteiger partial charge in [-0.1, -0.05) is 67.9 Å². The highest BCUT2D eigenvalue weighted by Crippen LogP contribution is 2.27. The van der Waals surface area contributed by atoms with Gasteiger partial charge in [-0.05, 0) is 47.9 Å². The molecule has 144 valence electrons. The van der Waals surface area contributed by atoms with Crippen molar-refractivity contribution in [2.24, 2.45) is 0 Å². The van der Waals surface area contributed by atoms with E-state index in [1.165, 1.54) is 5.56 Å². The molecule has 1 aromatic heterocycles. The van der Waals surface area contributed by atoms with Crippen molar-refractivity contribution in [1.82, 2.24) is 4.98 Å². The van der Waals surface area contributed by atoms with Crippen LogP contribution in [0, 0.1) is 0 Å². The average molecular weight is 401 g/mol. The van der Waals surface area contributed by atoms with Crippen molar-refractivity contribution in [1.29, 1.82) is 0 Å².